The van der Waals surface area contributed by atoms with Gasteiger partial charge in [0.15, 0.2) is 0 Å². The highest BCUT2D eigenvalue weighted by molar-refractivity contribution is 9.10. The third-order valence-corrected chi connectivity index (χ3v) is 5.27. The van der Waals surface area contributed by atoms with Crippen LogP contribution in [0.15, 0.2) is 22.7 Å². The molecule has 104 valence electrons. The van der Waals surface area contributed by atoms with E-state index in [-0.39, 0.29) is 5.91 Å². The molecule has 0 saturated heterocycles. The molecule has 2 nitrogen and oxygen atoms in total. The van der Waals surface area contributed by atoms with Gasteiger partial charge in [0.1, 0.15) is 0 Å². The van der Waals surface area contributed by atoms with Crippen molar-refractivity contribution in [3.05, 3.63) is 33.3 Å². The lowest BCUT2D eigenvalue weighted by Gasteiger charge is -2.37. The Bertz CT molecular complexity index is 463. The molecule has 19 heavy (non-hydrogen) atoms. The standard InChI is InChI=1S/C14H16Br2ClNO/c15-7-2-8-18(11-3-1-4-11)14(19)10-5-6-12(16)13(17)9-10/h5-6,9,11H,1-4,7-8H2. The normalized spacial score (nSPS) is 15.1. The zero-order chi connectivity index (χ0) is 13.8. The zero-order valence-electron chi connectivity index (χ0n) is 10.5. The highest BCUT2D eigenvalue weighted by Crippen LogP contribution is 2.28. The van der Waals surface area contributed by atoms with Gasteiger partial charge in [-0.1, -0.05) is 27.5 Å². The summed E-state index contributed by atoms with van der Waals surface area (Å²) < 4.78 is 0.821. The van der Waals surface area contributed by atoms with Crippen LogP contribution in [0.3, 0.4) is 0 Å². The van der Waals surface area contributed by atoms with Crippen molar-refractivity contribution in [2.24, 2.45) is 0 Å². The molecule has 0 unspecified atom stereocenters. The van der Waals surface area contributed by atoms with Crippen LogP contribution in [-0.2, 0) is 0 Å². The number of alkyl halides is 1. The van der Waals surface area contributed by atoms with Gasteiger partial charge in [0.25, 0.3) is 5.91 Å². The summed E-state index contributed by atoms with van der Waals surface area (Å²) in [6, 6.07) is 5.82. The second-order valence-electron chi connectivity index (χ2n) is 4.75. The van der Waals surface area contributed by atoms with E-state index in [0.29, 0.717) is 16.6 Å². The van der Waals surface area contributed by atoms with Crippen LogP contribution >= 0.6 is 43.5 Å². The van der Waals surface area contributed by atoms with Crippen molar-refractivity contribution in [3.8, 4) is 0 Å². The lowest BCUT2D eigenvalue weighted by atomic mass is 9.91. The third-order valence-electron chi connectivity index (χ3n) is 3.48. The van der Waals surface area contributed by atoms with Crippen molar-refractivity contribution < 1.29 is 4.79 Å². The van der Waals surface area contributed by atoms with Crippen LogP contribution in [0.4, 0.5) is 0 Å². The Morgan fingerprint density at radius 3 is 2.68 bits per heavy atom. The smallest absolute Gasteiger partial charge is 0.254 e. The van der Waals surface area contributed by atoms with Gasteiger partial charge in [0.2, 0.25) is 0 Å². The van der Waals surface area contributed by atoms with Gasteiger partial charge in [-0.2, -0.15) is 0 Å². The molecule has 1 fully saturated rings. The van der Waals surface area contributed by atoms with E-state index in [9.17, 15) is 4.79 Å². The molecule has 1 aliphatic carbocycles. The average Bonchev–Trinajstić information content (AvgIpc) is 2.34. The fourth-order valence-electron chi connectivity index (χ4n) is 2.17. The molecule has 5 heteroatoms. The van der Waals surface area contributed by atoms with Gasteiger partial charge in [-0.05, 0) is 59.8 Å². The molecule has 0 atom stereocenters. The monoisotopic (exact) mass is 407 g/mol. The van der Waals surface area contributed by atoms with Crippen LogP contribution in [-0.4, -0.2) is 28.7 Å². The predicted octanol–water partition coefficient (Wildman–Crippen LogP) is 4.88. The maximum absolute atomic E-state index is 12.6. The number of carbonyl (C=O) groups is 1. The van der Waals surface area contributed by atoms with Crippen molar-refractivity contribution in [2.45, 2.75) is 31.7 Å². The highest BCUT2D eigenvalue weighted by Gasteiger charge is 2.29. The third kappa shape index (κ3) is 3.73. The number of amides is 1. The van der Waals surface area contributed by atoms with Crippen LogP contribution in [0, 0.1) is 0 Å². The Kier molecular flexibility index (Phi) is 5.72. The van der Waals surface area contributed by atoms with Gasteiger partial charge in [-0.3, -0.25) is 4.79 Å². The molecule has 1 aromatic rings. The minimum Gasteiger partial charge on any atom is -0.336 e. The Hall–Kier alpha value is -0.0600. The molecule has 0 heterocycles. The van der Waals surface area contributed by atoms with E-state index in [2.05, 4.69) is 31.9 Å². The molecule has 1 aliphatic rings. The van der Waals surface area contributed by atoms with Crippen LogP contribution in [0.2, 0.25) is 5.02 Å². The summed E-state index contributed by atoms with van der Waals surface area (Å²) in [5.74, 6) is 0.0973. The number of hydrogen-bond acceptors (Lipinski definition) is 1. The zero-order valence-corrected chi connectivity index (χ0v) is 14.5. The minimum absolute atomic E-state index is 0.0973. The first-order valence-corrected chi connectivity index (χ1v) is 8.74. The Labute approximate surface area is 135 Å². The van der Waals surface area contributed by atoms with Gasteiger partial charge < -0.3 is 4.90 Å². The minimum atomic E-state index is 0.0973. The number of benzene rings is 1. The lowest BCUT2D eigenvalue weighted by molar-refractivity contribution is 0.0581. The number of rotatable bonds is 5. The van der Waals surface area contributed by atoms with Gasteiger partial charge in [0, 0.05) is 28.0 Å². The molecule has 1 amide bonds. The van der Waals surface area contributed by atoms with Gasteiger partial charge in [-0.25, -0.2) is 0 Å². The van der Waals surface area contributed by atoms with Crippen molar-refractivity contribution in [2.75, 3.05) is 11.9 Å². The molecule has 0 bridgehead atoms. The molecule has 0 aromatic heterocycles. The maximum atomic E-state index is 12.6. The summed E-state index contributed by atoms with van der Waals surface area (Å²) in [5.41, 5.74) is 0.676. The largest absolute Gasteiger partial charge is 0.336 e. The average molecular weight is 410 g/mol. The molecule has 0 spiro atoms. The van der Waals surface area contributed by atoms with Crippen LogP contribution in [0.25, 0.3) is 0 Å². The Morgan fingerprint density at radius 2 is 2.16 bits per heavy atom. The summed E-state index contributed by atoms with van der Waals surface area (Å²) in [4.78, 5) is 14.6. The summed E-state index contributed by atoms with van der Waals surface area (Å²) >= 11 is 12.8. The fraction of sp³-hybridized carbons (Fsp3) is 0.500. The van der Waals surface area contributed by atoms with E-state index in [1.807, 2.05) is 17.0 Å². The van der Waals surface area contributed by atoms with E-state index in [0.717, 1.165) is 35.6 Å². The summed E-state index contributed by atoms with van der Waals surface area (Å²) in [5, 5.41) is 1.50. The summed E-state index contributed by atoms with van der Waals surface area (Å²) in [6.07, 6.45) is 4.45. The molecule has 0 aliphatic heterocycles. The Morgan fingerprint density at radius 1 is 1.42 bits per heavy atom. The highest BCUT2D eigenvalue weighted by atomic mass is 79.9. The van der Waals surface area contributed by atoms with E-state index in [1.165, 1.54) is 6.42 Å². The van der Waals surface area contributed by atoms with E-state index in [1.54, 1.807) is 6.07 Å². The van der Waals surface area contributed by atoms with Crippen molar-refractivity contribution in [1.82, 2.24) is 4.90 Å². The molecular weight excluding hydrogens is 393 g/mol. The quantitative estimate of drug-likeness (QED) is 0.635. The first-order valence-electron chi connectivity index (χ1n) is 6.45. The topological polar surface area (TPSA) is 20.3 Å². The molecule has 1 aromatic carbocycles. The van der Waals surface area contributed by atoms with Crippen LogP contribution in [0.1, 0.15) is 36.0 Å². The van der Waals surface area contributed by atoms with E-state index in [4.69, 9.17) is 11.6 Å². The van der Waals surface area contributed by atoms with Crippen molar-refractivity contribution >= 4 is 49.4 Å². The second kappa shape index (κ2) is 7.09. The SMILES string of the molecule is O=C(c1ccc(Br)c(Cl)c1)N(CCCBr)C1CCC1. The first kappa shape index (κ1) is 15.3. The van der Waals surface area contributed by atoms with E-state index < -0.39 is 0 Å². The van der Waals surface area contributed by atoms with Crippen molar-refractivity contribution in [3.63, 3.8) is 0 Å². The summed E-state index contributed by atoms with van der Waals surface area (Å²) in [7, 11) is 0. The van der Waals surface area contributed by atoms with Crippen molar-refractivity contribution in [1.29, 1.82) is 0 Å². The predicted molar refractivity (Wildman–Crippen MR) is 86.2 cm³/mol. The van der Waals surface area contributed by atoms with Gasteiger partial charge >= 0.3 is 0 Å². The molecule has 1 saturated carbocycles. The molecule has 0 N–H and O–H groups in total. The fourth-order valence-corrected chi connectivity index (χ4v) is 2.85. The molecule has 0 radical (unpaired) electrons. The second-order valence-corrected chi connectivity index (χ2v) is 6.81. The number of nitrogens with zero attached hydrogens (tertiary/aromatic N) is 1. The number of hydrogen-bond donors (Lipinski definition) is 0. The maximum Gasteiger partial charge on any atom is 0.254 e. The van der Waals surface area contributed by atoms with Gasteiger partial charge in [-0.15, -0.1) is 0 Å². The summed E-state index contributed by atoms with van der Waals surface area (Å²) in [6.45, 7) is 0.808. The Balaban J connectivity index is 2.15. The molecule has 2 rings (SSSR count). The number of carbonyl (C=O) groups excluding carboxylic acids is 1. The first-order chi connectivity index (χ1) is 9.13. The molecular formula is C14H16Br2ClNO. The van der Waals surface area contributed by atoms with E-state index >= 15 is 0 Å². The lowest BCUT2D eigenvalue weighted by Crippen LogP contribution is -2.44. The van der Waals surface area contributed by atoms with Gasteiger partial charge in [0.05, 0.1) is 5.02 Å². The number of halogens is 3. The van der Waals surface area contributed by atoms with Crippen LogP contribution in [0.5, 0.6) is 0 Å². The van der Waals surface area contributed by atoms with Crippen LogP contribution < -0.4 is 0 Å².